The molecular weight excluding hydrogens is 1830 g/mol. The third kappa shape index (κ3) is 23.0. The molecule has 11 aliphatic rings. The van der Waals surface area contributed by atoms with Crippen LogP contribution in [0.15, 0.2) is 217 Å². The molecule has 14 atom stereocenters. The number of carbonyl (C=O) groups excluding carboxylic acids is 7. The highest BCUT2D eigenvalue weighted by molar-refractivity contribution is 7.99. The number of carbonyl (C=O) groups is 7. The van der Waals surface area contributed by atoms with Gasteiger partial charge in [0.15, 0.2) is 34.6 Å². The smallest absolute Gasteiger partial charge is 0.330 e. The molecule has 142 heavy (non-hydrogen) atoms. The Balaban J connectivity index is 0.000000123. The predicted molar refractivity (Wildman–Crippen MR) is 560 cm³/mol. The van der Waals surface area contributed by atoms with Crippen LogP contribution < -0.4 is 34.3 Å². The Morgan fingerprint density at radius 3 is 2.18 bits per heavy atom. The van der Waals surface area contributed by atoms with Gasteiger partial charge in [0.1, 0.15) is 47.5 Å². The number of anilines is 1. The van der Waals surface area contributed by atoms with Crippen molar-refractivity contribution in [3.63, 3.8) is 0 Å². The number of ketones is 4. The molecule has 11 aromatic rings. The van der Waals surface area contributed by atoms with Crippen LogP contribution in [0, 0.1) is 72.4 Å². The first-order valence-corrected chi connectivity index (χ1v) is 51.7. The van der Waals surface area contributed by atoms with E-state index in [1.54, 1.807) is 79.8 Å². The molecule has 10 heterocycles. The lowest BCUT2D eigenvalue weighted by Crippen LogP contribution is -2.55. The molecule has 23 nitrogen and oxygen atoms in total. The summed E-state index contributed by atoms with van der Waals surface area (Å²) in [5.41, 5.74) is 16.7. The summed E-state index contributed by atoms with van der Waals surface area (Å²) >= 11 is 5.90. The number of Topliss-reactive ketones (excluding diaryl/α,β-unsaturated/α-hetero) is 3. The Morgan fingerprint density at radius 1 is 0.754 bits per heavy atom. The lowest BCUT2D eigenvalue weighted by atomic mass is 9.49. The Labute approximate surface area is 840 Å². The summed E-state index contributed by atoms with van der Waals surface area (Å²) in [5, 5.41) is 12.2. The normalized spacial score (nSPS) is 22.9. The summed E-state index contributed by atoms with van der Waals surface area (Å²) in [5.74, 6) is 9.38. The van der Waals surface area contributed by atoms with Crippen molar-refractivity contribution in [3.05, 3.63) is 279 Å². The fourth-order valence-corrected chi connectivity index (χ4v) is 24.7. The summed E-state index contributed by atoms with van der Waals surface area (Å²) in [7, 11) is 3.29. The van der Waals surface area contributed by atoms with E-state index >= 15 is 0 Å². The number of hydrogen-bond donors (Lipinski definition) is 3. The van der Waals surface area contributed by atoms with Crippen molar-refractivity contribution in [1.82, 2.24) is 33.9 Å². The van der Waals surface area contributed by atoms with Crippen molar-refractivity contribution in [1.29, 1.82) is 0 Å². The number of thiol groups is 1. The number of nitrogens with zero attached hydrogens (tertiary/aromatic N) is 7. The zero-order valence-electron chi connectivity index (χ0n) is 83.2. The molecule has 4 aliphatic carbocycles. The highest BCUT2D eigenvalue weighted by Gasteiger charge is 2.56. The standard InChI is InChI=1S/C23H25N3O2.C23H32O3.C20H26N2O2.C20H18O6.C16H13FN2S.C14H17NO2S/c1-17-8-10-18(11-9-17)22(27)7-4-14-25-15-12-19(13-16-25)26-21-6-3-2-5-20(21)24-23(26)28;1-14(2)26-13-22(25)20-7-6-17-18(20)8-9-21-19(17)5-4-15-12-16(24)10-11-23(15,21)3;1-3-13-12-22-9-7-14(13)10-19(22)20(23)16-6-8-21-18-5-4-15(24-2)11-17(16)18;1-12(21)25-19-9-15-8-16(14-4-6-17(23-3)7-5-14)11-24-18(15)10-20(19)26-13(2)22;1-10-5-4-6-11(17)15(10)16-19-13-8-3-2-7-12(13)18-14(19)9-20-16;1-9(8-18)14(17)15-12-6-4-3-5-11(12)7-13(15)10(2)16/h2-3,5-6,8-12H,4,7,13-16H2,1H3,(H,24,28);12,17-21H,1,4-11,13H2,2-3H3;4-6,8,11,13-14,19-20,23H,3,7,9-10,12H2,1-2H3;4-10H,11H2,1-3H3;2-8,16H,9H2,1H3;3-6,9,13,18H,7-8H2,1-2H3/t;;;;;9-,13?/m.....1/s1. The highest BCUT2D eigenvalue weighted by atomic mass is 32.2. The third-order valence-corrected chi connectivity index (χ3v) is 32.3. The van der Waals surface area contributed by atoms with E-state index in [-0.39, 0.29) is 87.6 Å². The maximum absolute atomic E-state index is 14.3. The molecule has 22 rings (SSSR count). The molecule has 7 aliphatic heterocycles. The minimum absolute atomic E-state index is 0.0152. The number of aryl methyl sites for hydroxylation is 2. The molecule has 3 aromatic heterocycles. The largest absolute Gasteiger partial charge is 0.497 e. The topological polar surface area (TPSA) is 273 Å². The molecule has 13 unspecified atom stereocenters. The zero-order chi connectivity index (χ0) is 100. The number of halogens is 1. The summed E-state index contributed by atoms with van der Waals surface area (Å²) in [6, 6.07) is 55.1. The summed E-state index contributed by atoms with van der Waals surface area (Å²) in [6.07, 6.45) is 22.6. The first-order valence-electron chi connectivity index (χ1n) is 50.0. The third-order valence-electron chi connectivity index (χ3n) is 30.6. The summed E-state index contributed by atoms with van der Waals surface area (Å²) in [6.45, 7) is 25.6. The number of hydrogen-bond acceptors (Lipinski definition) is 21. The highest BCUT2D eigenvalue weighted by Crippen LogP contribution is 2.63. The molecule has 0 spiro atoms. The number of benzene rings is 8. The molecule has 0 radical (unpaired) electrons. The van der Waals surface area contributed by atoms with Gasteiger partial charge in [-0.2, -0.15) is 12.6 Å². The van der Waals surface area contributed by atoms with Crippen LogP contribution >= 0.6 is 24.4 Å². The number of methoxy groups -OCH3 is 2. The van der Waals surface area contributed by atoms with Crippen LogP contribution in [0.1, 0.15) is 205 Å². The molecule has 3 saturated heterocycles. The van der Waals surface area contributed by atoms with E-state index in [0.29, 0.717) is 60.2 Å². The predicted octanol–water partition coefficient (Wildman–Crippen LogP) is 22.0. The van der Waals surface area contributed by atoms with Gasteiger partial charge in [0.25, 0.3) is 0 Å². The number of esters is 2. The molecule has 2 bridgehead atoms. The van der Waals surface area contributed by atoms with Gasteiger partial charge in [0, 0.05) is 129 Å². The number of ether oxygens (including phenoxy) is 6. The van der Waals surface area contributed by atoms with E-state index in [0.717, 1.165) is 207 Å². The number of para-hydroxylation sites is 5. The van der Waals surface area contributed by atoms with Gasteiger partial charge < -0.3 is 48.0 Å². The van der Waals surface area contributed by atoms with Gasteiger partial charge in [0.05, 0.1) is 65.5 Å². The number of aliphatic hydroxyl groups is 1. The SMILES string of the molecule is C=C(C)OCC(=O)C1CCC2C1CCC1C2CCC2=CC(=O)CCC21C.CC(=O)C1Cc2ccccc2N1C(=O)[C@H](C)CS.CCC1CN2CCC1CC2C(O)c1ccnc2ccc(OC)cc12.COc1ccc(C2=Cc3cc(OC(C)=O)c(OC(C)=O)cc3OC2)cc1.Cc1ccc(C(=O)CCCN2CC=C(n3c(=O)[nH]c4ccccc43)CC2)cc1.Cc1cccc(F)c1C1SCc2nc3ccccc3n21. The fraction of sp³-hybridized carbons (Fsp3) is 0.414. The minimum atomic E-state index is -0.511. The zero-order valence-corrected chi connectivity index (χ0v) is 84.9. The van der Waals surface area contributed by atoms with E-state index in [4.69, 9.17) is 28.4 Å². The number of pyridine rings is 1. The quantitative estimate of drug-likeness (QED) is 0.0187. The summed E-state index contributed by atoms with van der Waals surface area (Å²) in [4.78, 5) is 114. The second-order valence-electron chi connectivity index (χ2n) is 39.6. The van der Waals surface area contributed by atoms with Crippen molar-refractivity contribution >= 4 is 121 Å². The minimum Gasteiger partial charge on any atom is -0.497 e. The van der Waals surface area contributed by atoms with Crippen molar-refractivity contribution in [2.75, 3.05) is 70.8 Å². The number of rotatable bonds is 22. The van der Waals surface area contributed by atoms with Crippen LogP contribution in [0.25, 0.3) is 50.3 Å². The number of allylic oxidation sites excluding steroid dienone is 2. The van der Waals surface area contributed by atoms with E-state index in [1.165, 1.54) is 63.5 Å². The number of fused-ring (bicyclic) bond motifs is 15. The van der Waals surface area contributed by atoms with Crippen molar-refractivity contribution < 1.29 is 71.5 Å². The average molecular weight is 1960 g/mol. The van der Waals surface area contributed by atoms with Gasteiger partial charge in [-0.25, -0.2) is 14.2 Å². The number of nitrogens with one attached hydrogen (secondary N) is 1. The number of H-pyrrole nitrogens is 1. The Hall–Kier alpha value is -12.3. The Kier molecular flexibility index (Phi) is 33.2. The van der Waals surface area contributed by atoms with Gasteiger partial charge in [0.2, 0.25) is 5.91 Å². The number of piperidine rings is 3. The fourth-order valence-electron chi connectivity index (χ4n) is 23.2. The number of aliphatic hydroxyl groups excluding tert-OH is 1. The molecule has 1 amide bonds. The number of thioether (sulfide) groups is 1. The van der Waals surface area contributed by atoms with Crippen LogP contribution in [-0.2, 0) is 45.7 Å². The molecule has 2 N–H and O–H groups in total. The van der Waals surface area contributed by atoms with Gasteiger partial charge in [-0.15, -0.1) is 11.8 Å². The number of imidazole rings is 2. The monoisotopic (exact) mass is 1960 g/mol. The van der Waals surface area contributed by atoms with E-state index in [9.17, 15) is 47.9 Å². The van der Waals surface area contributed by atoms with E-state index < -0.39 is 18.0 Å². The van der Waals surface area contributed by atoms with E-state index in [2.05, 4.69) is 74.5 Å². The Morgan fingerprint density at radius 2 is 1.48 bits per heavy atom. The van der Waals surface area contributed by atoms with Crippen molar-refractivity contribution in [2.45, 2.75) is 188 Å². The average Bonchev–Trinajstić information content (AvgIpc) is 1.70. The van der Waals surface area contributed by atoms with Crippen LogP contribution in [0.4, 0.5) is 10.1 Å². The van der Waals surface area contributed by atoms with Gasteiger partial charge in [-0.1, -0.05) is 142 Å². The Bertz CT molecular complexity index is 6660. The number of amides is 1. The molecular formula is C116H131FN8O15S2. The number of aromatic amines is 1. The van der Waals surface area contributed by atoms with Gasteiger partial charge in [-0.3, -0.25) is 52.9 Å². The maximum atomic E-state index is 14.3. The van der Waals surface area contributed by atoms with Crippen LogP contribution in [0.3, 0.4) is 0 Å². The second-order valence-corrected chi connectivity index (χ2v) is 41.0. The molecule has 6 fully saturated rings. The van der Waals surface area contributed by atoms with Crippen molar-refractivity contribution in [3.8, 4) is 28.7 Å². The first kappa shape index (κ1) is 103. The van der Waals surface area contributed by atoms with Gasteiger partial charge in [-0.05, 0) is 265 Å². The lowest BCUT2D eigenvalue weighted by Gasteiger charge is -2.55. The second kappa shape index (κ2) is 45.9. The first-order chi connectivity index (χ1) is 68.5. The van der Waals surface area contributed by atoms with Crippen LogP contribution in [0.5, 0.6) is 28.7 Å². The van der Waals surface area contributed by atoms with Crippen molar-refractivity contribution in [2.24, 2.45) is 52.8 Å². The summed E-state index contributed by atoms with van der Waals surface area (Å²) < 4.78 is 50.2. The van der Waals surface area contributed by atoms with Gasteiger partial charge >= 0.3 is 17.6 Å². The molecule has 3 saturated carbocycles. The molecule has 26 heteroatoms. The van der Waals surface area contributed by atoms with Crippen LogP contribution in [0.2, 0.25) is 0 Å². The molecule has 744 valence electrons. The van der Waals surface area contributed by atoms with E-state index in [1.807, 2.05) is 179 Å². The maximum Gasteiger partial charge on any atom is 0.330 e. The lowest BCUT2D eigenvalue weighted by molar-refractivity contribution is -0.134. The molecule has 8 aromatic carbocycles. The number of aromatic nitrogens is 5. The van der Waals surface area contributed by atoms with Crippen LogP contribution in [-0.4, -0.2) is 158 Å².